The summed E-state index contributed by atoms with van der Waals surface area (Å²) in [4.78, 5) is 4.82. The molecule has 0 saturated carbocycles. The quantitative estimate of drug-likeness (QED) is 0.809. The molecular formula is C17H23N3. The van der Waals surface area contributed by atoms with Crippen molar-refractivity contribution in [3.05, 3.63) is 29.6 Å². The highest BCUT2D eigenvalue weighted by Crippen LogP contribution is 2.32. The summed E-state index contributed by atoms with van der Waals surface area (Å²) in [6, 6.07) is 7.96. The van der Waals surface area contributed by atoms with Crippen LogP contribution in [0.25, 0.3) is 11.0 Å². The summed E-state index contributed by atoms with van der Waals surface area (Å²) in [7, 11) is 0. The van der Waals surface area contributed by atoms with Gasteiger partial charge >= 0.3 is 0 Å². The molecule has 1 aromatic carbocycles. The van der Waals surface area contributed by atoms with Crippen molar-refractivity contribution in [2.75, 3.05) is 0 Å². The van der Waals surface area contributed by atoms with Crippen molar-refractivity contribution >= 4 is 11.0 Å². The van der Waals surface area contributed by atoms with Gasteiger partial charge in [0.1, 0.15) is 5.82 Å². The Bertz CT molecular complexity index is 666. The number of nitrogens with zero attached hydrogens (tertiary/aromatic N) is 3. The van der Waals surface area contributed by atoms with Crippen molar-refractivity contribution in [3.8, 4) is 6.07 Å². The van der Waals surface area contributed by atoms with E-state index in [0.29, 0.717) is 17.4 Å². The molecule has 0 bridgehead atoms. The zero-order valence-corrected chi connectivity index (χ0v) is 13.2. The Morgan fingerprint density at radius 2 is 1.85 bits per heavy atom. The van der Waals surface area contributed by atoms with Gasteiger partial charge in [0.15, 0.2) is 0 Å². The molecule has 1 aromatic heterocycles. The minimum Gasteiger partial charge on any atom is -0.322 e. The fraction of sp³-hybridized carbons (Fsp3) is 0.529. The Balaban J connectivity index is 2.77. The molecule has 2 aromatic rings. The van der Waals surface area contributed by atoms with Gasteiger partial charge in [-0.1, -0.05) is 20.8 Å². The maximum atomic E-state index is 9.05. The van der Waals surface area contributed by atoms with E-state index in [9.17, 15) is 0 Å². The van der Waals surface area contributed by atoms with Crippen LogP contribution in [-0.4, -0.2) is 9.55 Å². The van der Waals surface area contributed by atoms with Crippen LogP contribution in [0, 0.1) is 17.2 Å². The lowest BCUT2D eigenvalue weighted by molar-refractivity contribution is 0.369. The van der Waals surface area contributed by atoms with Crippen molar-refractivity contribution in [1.82, 2.24) is 9.55 Å². The van der Waals surface area contributed by atoms with E-state index in [-0.39, 0.29) is 5.54 Å². The van der Waals surface area contributed by atoms with Crippen LogP contribution in [0.2, 0.25) is 0 Å². The van der Waals surface area contributed by atoms with E-state index in [1.165, 1.54) is 0 Å². The predicted molar refractivity (Wildman–Crippen MR) is 82.7 cm³/mol. The van der Waals surface area contributed by atoms with Gasteiger partial charge in [-0.25, -0.2) is 4.98 Å². The molecular weight excluding hydrogens is 246 g/mol. The summed E-state index contributed by atoms with van der Waals surface area (Å²) in [5, 5.41) is 9.05. The number of rotatable bonds is 2. The van der Waals surface area contributed by atoms with E-state index in [1.54, 1.807) is 0 Å². The third kappa shape index (κ3) is 2.43. The Labute approximate surface area is 121 Å². The van der Waals surface area contributed by atoms with Gasteiger partial charge in [-0.3, -0.25) is 0 Å². The van der Waals surface area contributed by atoms with Crippen LogP contribution in [-0.2, 0) is 5.54 Å². The smallest absolute Gasteiger partial charge is 0.113 e. The van der Waals surface area contributed by atoms with Crippen LogP contribution < -0.4 is 0 Å². The highest BCUT2D eigenvalue weighted by molar-refractivity contribution is 5.78. The second-order valence-electron chi connectivity index (χ2n) is 6.82. The number of hydrogen-bond donors (Lipinski definition) is 0. The highest BCUT2D eigenvalue weighted by Gasteiger charge is 2.25. The minimum atomic E-state index is -0.0264. The largest absolute Gasteiger partial charge is 0.322 e. The van der Waals surface area contributed by atoms with E-state index in [1.807, 2.05) is 18.2 Å². The van der Waals surface area contributed by atoms with Gasteiger partial charge < -0.3 is 4.57 Å². The van der Waals surface area contributed by atoms with Crippen LogP contribution in [0.3, 0.4) is 0 Å². The average Bonchev–Trinajstić information content (AvgIpc) is 2.75. The zero-order chi connectivity index (χ0) is 15.1. The van der Waals surface area contributed by atoms with Gasteiger partial charge in [0.25, 0.3) is 0 Å². The van der Waals surface area contributed by atoms with E-state index >= 15 is 0 Å². The molecule has 0 fully saturated rings. The third-order valence-electron chi connectivity index (χ3n) is 3.89. The molecule has 0 aliphatic heterocycles. The highest BCUT2D eigenvalue weighted by atomic mass is 15.1. The van der Waals surface area contributed by atoms with E-state index in [2.05, 4.69) is 52.2 Å². The number of hydrogen-bond acceptors (Lipinski definition) is 2. The summed E-state index contributed by atoms with van der Waals surface area (Å²) in [5.74, 6) is 2.02. The van der Waals surface area contributed by atoms with Crippen LogP contribution in [0.5, 0.6) is 0 Å². The van der Waals surface area contributed by atoms with Crippen molar-refractivity contribution in [3.63, 3.8) is 0 Å². The van der Waals surface area contributed by atoms with Crippen molar-refractivity contribution in [2.24, 2.45) is 5.92 Å². The molecule has 0 saturated heterocycles. The summed E-state index contributed by atoms with van der Waals surface area (Å²) in [5.41, 5.74) is 2.67. The lowest BCUT2D eigenvalue weighted by Crippen LogP contribution is -2.26. The average molecular weight is 269 g/mol. The molecule has 0 aliphatic rings. The molecule has 1 unspecified atom stereocenters. The molecule has 0 N–H and O–H groups in total. The Kier molecular flexibility index (Phi) is 3.60. The molecule has 0 aliphatic carbocycles. The lowest BCUT2D eigenvalue weighted by atomic mass is 9.96. The molecule has 1 atom stereocenters. The van der Waals surface area contributed by atoms with Gasteiger partial charge in [0.05, 0.1) is 22.7 Å². The van der Waals surface area contributed by atoms with Gasteiger partial charge in [0.2, 0.25) is 0 Å². The monoisotopic (exact) mass is 269 g/mol. The first-order chi connectivity index (χ1) is 9.25. The lowest BCUT2D eigenvalue weighted by Gasteiger charge is -2.28. The van der Waals surface area contributed by atoms with Gasteiger partial charge in [-0.05, 0) is 44.9 Å². The Morgan fingerprint density at radius 1 is 1.20 bits per heavy atom. The Hall–Kier alpha value is -1.82. The summed E-state index contributed by atoms with van der Waals surface area (Å²) < 4.78 is 2.31. The fourth-order valence-electron chi connectivity index (χ4n) is 2.48. The first kappa shape index (κ1) is 14.6. The number of aromatic nitrogens is 2. The normalized spacial score (nSPS) is 13.7. The molecule has 0 amide bonds. The zero-order valence-electron chi connectivity index (χ0n) is 13.2. The van der Waals surface area contributed by atoms with Crippen molar-refractivity contribution in [1.29, 1.82) is 5.26 Å². The molecule has 0 radical (unpaired) electrons. The number of benzene rings is 1. The number of nitriles is 1. The second kappa shape index (κ2) is 4.94. The first-order valence-corrected chi connectivity index (χ1v) is 7.18. The molecule has 106 valence electrons. The summed E-state index contributed by atoms with van der Waals surface area (Å²) >= 11 is 0. The molecule has 3 heteroatoms. The molecule has 3 nitrogen and oxygen atoms in total. The van der Waals surface area contributed by atoms with Crippen LogP contribution >= 0.6 is 0 Å². The van der Waals surface area contributed by atoms with Gasteiger partial charge in [-0.2, -0.15) is 5.26 Å². The van der Waals surface area contributed by atoms with E-state index < -0.39 is 0 Å². The maximum Gasteiger partial charge on any atom is 0.113 e. The van der Waals surface area contributed by atoms with Crippen LogP contribution in [0.4, 0.5) is 0 Å². The molecule has 1 heterocycles. The summed E-state index contributed by atoms with van der Waals surface area (Å²) in [6.45, 7) is 13.3. The molecule has 0 spiro atoms. The van der Waals surface area contributed by atoms with E-state index in [4.69, 9.17) is 10.2 Å². The third-order valence-corrected chi connectivity index (χ3v) is 3.89. The van der Waals surface area contributed by atoms with Crippen molar-refractivity contribution in [2.45, 2.75) is 53.0 Å². The fourth-order valence-corrected chi connectivity index (χ4v) is 2.48. The van der Waals surface area contributed by atoms with Gasteiger partial charge in [-0.15, -0.1) is 0 Å². The second-order valence-corrected chi connectivity index (χ2v) is 6.82. The Morgan fingerprint density at radius 3 is 2.35 bits per heavy atom. The maximum absolute atomic E-state index is 9.05. The van der Waals surface area contributed by atoms with Gasteiger partial charge in [0, 0.05) is 11.5 Å². The number of fused-ring (bicyclic) bond motifs is 1. The van der Waals surface area contributed by atoms with E-state index in [0.717, 1.165) is 16.9 Å². The van der Waals surface area contributed by atoms with Crippen LogP contribution in [0.15, 0.2) is 18.2 Å². The standard InChI is InChI=1S/C17H23N3/c1-11(2)12(3)16-19-14-9-13(10-18)7-8-15(14)20(16)17(4,5)6/h7-9,11-12H,1-6H3. The molecule has 20 heavy (non-hydrogen) atoms. The predicted octanol–water partition coefficient (Wildman–Crippen LogP) is 4.42. The molecule has 2 rings (SSSR count). The summed E-state index contributed by atoms with van der Waals surface area (Å²) in [6.07, 6.45) is 0. The first-order valence-electron chi connectivity index (χ1n) is 7.18. The number of imidazole rings is 1. The van der Waals surface area contributed by atoms with Crippen molar-refractivity contribution < 1.29 is 0 Å². The topological polar surface area (TPSA) is 41.6 Å². The van der Waals surface area contributed by atoms with Crippen LogP contribution in [0.1, 0.15) is 58.8 Å². The SMILES string of the molecule is CC(C)C(C)c1nc2cc(C#N)ccc2n1C(C)(C)C. The minimum absolute atomic E-state index is 0.0264.